The van der Waals surface area contributed by atoms with Gasteiger partial charge in [0.05, 0.1) is 15.7 Å². The van der Waals surface area contributed by atoms with E-state index < -0.39 is 30.3 Å². The van der Waals surface area contributed by atoms with Crippen LogP contribution in [0.4, 0.5) is 10.5 Å². The van der Waals surface area contributed by atoms with E-state index in [4.69, 9.17) is 34.8 Å². The van der Waals surface area contributed by atoms with E-state index in [9.17, 15) is 19.2 Å². The molecule has 0 unspecified atom stereocenters. The number of rotatable bonds is 5. The van der Waals surface area contributed by atoms with E-state index in [2.05, 4.69) is 5.32 Å². The molecule has 24 heavy (non-hydrogen) atoms. The van der Waals surface area contributed by atoms with Crippen LogP contribution in [-0.2, 0) is 14.4 Å². The standard InChI is InChI=1S/C14H12Cl3N3O4/c1-2-3-19-12(22)13(23)20(14(19)24)6-10(21)18-11-8(16)4-7(15)5-9(11)17/h4-5H,2-3,6H2,1H3,(H,18,21). The Bertz CT molecular complexity index is 715. The first-order valence-corrected chi connectivity index (χ1v) is 8.01. The number of nitrogens with one attached hydrogen (secondary N) is 1. The number of halogens is 3. The van der Waals surface area contributed by atoms with E-state index in [0.717, 1.165) is 4.90 Å². The Morgan fingerprint density at radius 3 is 2.12 bits per heavy atom. The molecule has 1 saturated heterocycles. The van der Waals surface area contributed by atoms with Gasteiger partial charge in [-0.05, 0) is 18.6 Å². The van der Waals surface area contributed by atoms with Crippen molar-refractivity contribution in [3.8, 4) is 0 Å². The summed E-state index contributed by atoms with van der Waals surface area (Å²) in [5.74, 6) is -2.72. The first-order chi connectivity index (χ1) is 11.3. The Balaban J connectivity index is 2.12. The van der Waals surface area contributed by atoms with Crippen molar-refractivity contribution in [2.75, 3.05) is 18.4 Å². The summed E-state index contributed by atoms with van der Waals surface area (Å²) in [6.45, 7) is 1.24. The number of benzene rings is 1. The average Bonchev–Trinajstić information content (AvgIpc) is 2.69. The number of carbonyl (C=O) groups is 4. The van der Waals surface area contributed by atoms with E-state index in [1.807, 2.05) is 0 Å². The second-order valence-electron chi connectivity index (χ2n) is 4.92. The number of imide groups is 2. The molecule has 5 amide bonds. The Kier molecular flexibility index (Phi) is 5.69. The second-order valence-corrected chi connectivity index (χ2v) is 6.17. The summed E-state index contributed by atoms with van der Waals surface area (Å²) in [5, 5.41) is 2.88. The molecule has 0 bridgehead atoms. The summed E-state index contributed by atoms with van der Waals surface area (Å²) in [7, 11) is 0. The number of urea groups is 1. The van der Waals surface area contributed by atoms with Crippen LogP contribution in [0.1, 0.15) is 13.3 Å². The van der Waals surface area contributed by atoms with Gasteiger partial charge in [0, 0.05) is 11.6 Å². The third-order valence-corrected chi connectivity index (χ3v) is 3.97. The van der Waals surface area contributed by atoms with Crippen LogP contribution >= 0.6 is 34.8 Å². The van der Waals surface area contributed by atoms with Gasteiger partial charge >= 0.3 is 17.8 Å². The number of anilines is 1. The minimum absolute atomic E-state index is 0.101. The van der Waals surface area contributed by atoms with Crippen molar-refractivity contribution in [2.24, 2.45) is 0 Å². The van der Waals surface area contributed by atoms with E-state index in [1.165, 1.54) is 12.1 Å². The van der Waals surface area contributed by atoms with Gasteiger partial charge in [-0.25, -0.2) is 9.69 Å². The summed E-state index contributed by atoms with van der Waals surface area (Å²) in [6, 6.07) is 1.93. The number of carbonyl (C=O) groups excluding carboxylic acids is 4. The first kappa shape index (κ1) is 18.5. The smallest absolute Gasteiger partial charge is 0.322 e. The van der Waals surface area contributed by atoms with Crippen LogP contribution in [0.5, 0.6) is 0 Å². The lowest BCUT2D eigenvalue weighted by Gasteiger charge is -2.15. The van der Waals surface area contributed by atoms with Crippen LogP contribution in [0.3, 0.4) is 0 Å². The van der Waals surface area contributed by atoms with Crippen LogP contribution in [0.15, 0.2) is 12.1 Å². The van der Waals surface area contributed by atoms with Crippen molar-refractivity contribution in [1.29, 1.82) is 0 Å². The SMILES string of the molecule is CCCN1C(=O)C(=O)N(CC(=O)Nc2c(Cl)cc(Cl)cc2Cl)C1=O. The highest BCUT2D eigenvalue weighted by Gasteiger charge is 2.44. The van der Waals surface area contributed by atoms with Crippen LogP contribution in [0.25, 0.3) is 0 Å². The zero-order valence-electron chi connectivity index (χ0n) is 12.4. The van der Waals surface area contributed by atoms with E-state index in [0.29, 0.717) is 11.3 Å². The Morgan fingerprint density at radius 1 is 1.04 bits per heavy atom. The molecule has 10 heteroatoms. The number of hydrogen-bond acceptors (Lipinski definition) is 4. The largest absolute Gasteiger partial charge is 0.334 e. The lowest BCUT2D eigenvalue weighted by molar-refractivity contribution is -0.143. The molecule has 0 atom stereocenters. The molecule has 0 radical (unpaired) electrons. The van der Waals surface area contributed by atoms with Crippen LogP contribution < -0.4 is 5.32 Å². The van der Waals surface area contributed by atoms with Gasteiger partial charge in [-0.1, -0.05) is 41.7 Å². The third-order valence-electron chi connectivity index (χ3n) is 3.16. The van der Waals surface area contributed by atoms with Gasteiger partial charge in [0.15, 0.2) is 0 Å². The normalized spacial score (nSPS) is 14.6. The van der Waals surface area contributed by atoms with Gasteiger partial charge in [-0.15, -0.1) is 0 Å². The monoisotopic (exact) mass is 391 g/mol. The molecule has 1 aliphatic rings. The van der Waals surface area contributed by atoms with Crippen molar-refractivity contribution in [2.45, 2.75) is 13.3 Å². The first-order valence-electron chi connectivity index (χ1n) is 6.88. The van der Waals surface area contributed by atoms with Crippen molar-refractivity contribution >= 4 is 64.2 Å². The Labute approximate surface area is 152 Å². The number of hydrogen-bond donors (Lipinski definition) is 1. The maximum atomic E-state index is 12.1. The van der Waals surface area contributed by atoms with Gasteiger partial charge in [-0.2, -0.15) is 0 Å². The second kappa shape index (κ2) is 7.38. The highest BCUT2D eigenvalue weighted by molar-refractivity contribution is 6.45. The molecule has 1 aliphatic heterocycles. The van der Waals surface area contributed by atoms with Gasteiger partial charge in [0.25, 0.3) is 0 Å². The molecule has 0 spiro atoms. The zero-order chi connectivity index (χ0) is 18.0. The molecule has 1 aromatic rings. The molecular formula is C14H12Cl3N3O4. The molecule has 7 nitrogen and oxygen atoms in total. The fourth-order valence-corrected chi connectivity index (χ4v) is 3.01. The van der Waals surface area contributed by atoms with Crippen LogP contribution in [0.2, 0.25) is 15.1 Å². The Hall–Kier alpha value is -1.83. The summed E-state index contributed by atoms with van der Waals surface area (Å²) in [6.07, 6.45) is 0.501. The molecule has 2 rings (SSSR count). The zero-order valence-corrected chi connectivity index (χ0v) is 14.7. The predicted molar refractivity (Wildman–Crippen MR) is 89.2 cm³/mol. The van der Waals surface area contributed by atoms with Crippen molar-refractivity contribution < 1.29 is 19.2 Å². The molecular weight excluding hydrogens is 381 g/mol. The van der Waals surface area contributed by atoms with E-state index in [-0.39, 0.29) is 27.3 Å². The summed E-state index contributed by atoms with van der Waals surface area (Å²) >= 11 is 17.7. The highest BCUT2D eigenvalue weighted by Crippen LogP contribution is 2.33. The summed E-state index contributed by atoms with van der Waals surface area (Å²) < 4.78 is 0. The molecule has 0 saturated carbocycles. The van der Waals surface area contributed by atoms with Crippen molar-refractivity contribution in [1.82, 2.24) is 9.80 Å². The maximum Gasteiger partial charge on any atom is 0.334 e. The van der Waals surface area contributed by atoms with Gasteiger partial charge in [-0.3, -0.25) is 19.3 Å². The predicted octanol–water partition coefficient (Wildman–Crippen LogP) is 2.79. The third kappa shape index (κ3) is 3.63. The minimum Gasteiger partial charge on any atom is -0.322 e. The van der Waals surface area contributed by atoms with Gasteiger partial charge in [0.2, 0.25) is 5.91 Å². The Morgan fingerprint density at radius 2 is 1.58 bits per heavy atom. The quantitative estimate of drug-likeness (QED) is 0.616. The van der Waals surface area contributed by atoms with Crippen molar-refractivity contribution in [3.05, 3.63) is 27.2 Å². The fraction of sp³-hybridized carbons (Fsp3) is 0.286. The minimum atomic E-state index is -1.04. The topological polar surface area (TPSA) is 86.8 Å². The molecule has 0 aromatic heterocycles. The van der Waals surface area contributed by atoms with Crippen LogP contribution in [-0.4, -0.2) is 46.6 Å². The van der Waals surface area contributed by atoms with Gasteiger partial charge < -0.3 is 5.32 Å². The average molecular weight is 393 g/mol. The molecule has 0 aliphatic carbocycles. The number of nitrogens with zero attached hydrogens (tertiary/aromatic N) is 2. The molecule has 128 valence electrons. The van der Waals surface area contributed by atoms with Crippen LogP contribution in [0, 0.1) is 0 Å². The summed E-state index contributed by atoms with van der Waals surface area (Å²) in [5.41, 5.74) is 0.101. The molecule has 1 heterocycles. The number of amides is 5. The van der Waals surface area contributed by atoms with E-state index in [1.54, 1.807) is 6.92 Å². The maximum absolute atomic E-state index is 12.1. The summed E-state index contributed by atoms with van der Waals surface area (Å²) in [4.78, 5) is 49.1. The van der Waals surface area contributed by atoms with E-state index >= 15 is 0 Å². The highest BCUT2D eigenvalue weighted by atomic mass is 35.5. The fourth-order valence-electron chi connectivity index (χ4n) is 2.09. The van der Waals surface area contributed by atoms with Gasteiger partial charge in [0.1, 0.15) is 6.54 Å². The molecule has 1 aromatic carbocycles. The van der Waals surface area contributed by atoms with Crippen molar-refractivity contribution in [3.63, 3.8) is 0 Å². The lowest BCUT2D eigenvalue weighted by atomic mass is 10.3. The molecule has 1 fully saturated rings. The molecule has 1 N–H and O–H groups in total. The lowest BCUT2D eigenvalue weighted by Crippen LogP contribution is -2.39.